The third kappa shape index (κ3) is 2.36. The van der Waals surface area contributed by atoms with E-state index < -0.39 is 29.9 Å². The summed E-state index contributed by atoms with van der Waals surface area (Å²) in [4.78, 5) is 14.4. The van der Waals surface area contributed by atoms with Crippen LogP contribution in [-0.2, 0) is 7.05 Å². The number of phenols is 1. The Balaban J connectivity index is 2.76. The van der Waals surface area contributed by atoms with Crippen molar-refractivity contribution in [2.24, 2.45) is 7.05 Å². The number of rotatable bonds is 2. The molecule has 4 nitrogen and oxygen atoms in total. The zero-order valence-electron chi connectivity index (χ0n) is 10.5. The van der Waals surface area contributed by atoms with Crippen LogP contribution in [0.3, 0.4) is 0 Å². The largest absolute Gasteiger partial charge is 0.572 e. The molecule has 2 aromatic rings. The van der Waals surface area contributed by atoms with Gasteiger partial charge in [-0.1, -0.05) is 6.58 Å². The number of benzene rings is 1. The Labute approximate surface area is 111 Å². The number of phenolic OH excluding ortho intramolecular Hbond substituents is 1. The number of halogens is 3. The van der Waals surface area contributed by atoms with E-state index in [9.17, 15) is 17.8 Å². The van der Waals surface area contributed by atoms with Gasteiger partial charge in [-0.25, -0.2) is 4.39 Å². The van der Waals surface area contributed by atoms with E-state index in [0.29, 0.717) is 11.5 Å². The van der Waals surface area contributed by atoms with Gasteiger partial charge in [0.25, 0.3) is 5.56 Å². The normalized spacial score (nSPS) is 11.9. The molecule has 0 aliphatic rings. The summed E-state index contributed by atoms with van der Waals surface area (Å²) in [6.45, 7) is 3.56. The van der Waals surface area contributed by atoms with Gasteiger partial charge in [-0.05, 0) is 23.8 Å². The van der Waals surface area contributed by atoms with Crippen molar-refractivity contribution in [3.05, 3.63) is 44.7 Å². The highest BCUT2D eigenvalue weighted by molar-refractivity contribution is 6.61. The molecule has 2 rings (SSSR count). The van der Waals surface area contributed by atoms with E-state index in [-0.39, 0.29) is 10.9 Å². The minimum absolute atomic E-state index is 0.00416. The number of nitrogens with zero attached hydrogens (tertiary/aromatic N) is 1. The standard InChI is InChI=1S/C12H10BF3N2O2/c1-6-17-10(12(20)18(6)2)4-7-3-9(14)11(19)5-8(7)13(15)16/h3-5,17,19H,1H2,2H3/b10-4-. The summed E-state index contributed by atoms with van der Waals surface area (Å²) in [5.41, 5.74) is -0.928. The molecule has 8 heteroatoms. The molecule has 0 amide bonds. The summed E-state index contributed by atoms with van der Waals surface area (Å²) >= 11 is 0. The lowest BCUT2D eigenvalue weighted by atomic mass is 9.81. The Morgan fingerprint density at radius 1 is 1.45 bits per heavy atom. The number of hydrogen-bond acceptors (Lipinski definition) is 2. The van der Waals surface area contributed by atoms with Crippen LogP contribution < -0.4 is 21.9 Å². The molecule has 104 valence electrons. The van der Waals surface area contributed by atoms with E-state index >= 15 is 0 Å². The Kier molecular flexibility index (Phi) is 3.48. The SMILES string of the molecule is C=c1[nH]/c(=C\c2cc(F)c(O)cc2B(F)F)c(=O)n1C. The molecule has 0 aliphatic heterocycles. The topological polar surface area (TPSA) is 58.0 Å². The first-order chi connectivity index (χ1) is 9.31. The van der Waals surface area contributed by atoms with Crippen molar-refractivity contribution in [3.8, 4) is 5.75 Å². The Morgan fingerprint density at radius 2 is 2.10 bits per heavy atom. The minimum atomic E-state index is -2.91. The highest BCUT2D eigenvalue weighted by Crippen LogP contribution is 2.16. The molecule has 0 spiro atoms. The second kappa shape index (κ2) is 4.95. The lowest BCUT2D eigenvalue weighted by Crippen LogP contribution is -2.30. The average molecular weight is 282 g/mol. The first-order valence-corrected chi connectivity index (χ1v) is 5.57. The summed E-state index contributed by atoms with van der Waals surface area (Å²) < 4.78 is 40.2. The van der Waals surface area contributed by atoms with Gasteiger partial charge < -0.3 is 10.1 Å². The minimum Gasteiger partial charge on any atom is -0.505 e. The molecule has 0 radical (unpaired) electrons. The molecule has 0 fully saturated rings. The van der Waals surface area contributed by atoms with E-state index in [1.165, 1.54) is 11.6 Å². The number of imidazole rings is 1. The van der Waals surface area contributed by atoms with Gasteiger partial charge in [-0.2, -0.15) is 0 Å². The molecule has 20 heavy (non-hydrogen) atoms. The molecule has 0 saturated carbocycles. The average Bonchev–Trinajstić information content (AvgIpc) is 2.61. The van der Waals surface area contributed by atoms with Gasteiger partial charge in [0.15, 0.2) is 11.6 Å². The molecular formula is C12H10BF3N2O2. The molecule has 0 saturated heterocycles. The molecule has 1 aromatic heterocycles. The smallest absolute Gasteiger partial charge is 0.505 e. The lowest BCUT2D eigenvalue weighted by molar-refractivity contribution is 0.432. The van der Waals surface area contributed by atoms with Crippen LogP contribution in [0, 0.1) is 5.82 Å². The number of aromatic amines is 1. The Hall–Kier alpha value is -2.38. The second-order valence-corrected chi connectivity index (χ2v) is 4.23. The Morgan fingerprint density at radius 3 is 2.60 bits per heavy atom. The number of H-pyrrole nitrogens is 1. The molecule has 1 aromatic carbocycles. The summed E-state index contributed by atoms with van der Waals surface area (Å²) in [5, 5.41) is 9.14. The maximum absolute atomic E-state index is 13.3. The number of hydrogen-bond donors (Lipinski definition) is 2. The van der Waals surface area contributed by atoms with Gasteiger partial charge in [0.1, 0.15) is 10.8 Å². The van der Waals surface area contributed by atoms with E-state index in [2.05, 4.69) is 11.6 Å². The summed E-state index contributed by atoms with van der Waals surface area (Å²) in [5.74, 6) is -1.91. The van der Waals surface area contributed by atoms with E-state index in [1.54, 1.807) is 0 Å². The van der Waals surface area contributed by atoms with Crippen molar-refractivity contribution < 1.29 is 18.1 Å². The fraction of sp³-hybridized carbons (Fsp3) is 0.0833. The van der Waals surface area contributed by atoms with Crippen molar-refractivity contribution in [3.63, 3.8) is 0 Å². The monoisotopic (exact) mass is 282 g/mol. The van der Waals surface area contributed by atoms with Crippen molar-refractivity contribution in [1.82, 2.24) is 9.55 Å². The van der Waals surface area contributed by atoms with Crippen LogP contribution in [0.25, 0.3) is 12.7 Å². The molecular weight excluding hydrogens is 272 g/mol. The predicted octanol–water partition coefficient (Wildman–Crippen LogP) is -0.569. The lowest BCUT2D eigenvalue weighted by Gasteiger charge is -2.04. The molecule has 0 atom stereocenters. The van der Waals surface area contributed by atoms with E-state index in [0.717, 1.165) is 12.1 Å². The van der Waals surface area contributed by atoms with Crippen LogP contribution in [0.1, 0.15) is 5.56 Å². The van der Waals surface area contributed by atoms with Crippen LogP contribution >= 0.6 is 0 Å². The highest BCUT2D eigenvalue weighted by atomic mass is 19.2. The fourth-order valence-electron chi connectivity index (χ4n) is 1.76. The second-order valence-electron chi connectivity index (χ2n) is 4.23. The first kappa shape index (κ1) is 14.0. The van der Waals surface area contributed by atoms with Crippen LogP contribution in [-0.4, -0.2) is 21.9 Å². The van der Waals surface area contributed by atoms with Crippen LogP contribution in [0.15, 0.2) is 16.9 Å². The predicted molar refractivity (Wildman–Crippen MR) is 70.0 cm³/mol. The maximum atomic E-state index is 13.3. The number of aromatic nitrogens is 2. The maximum Gasteiger partial charge on any atom is 0.572 e. The number of aromatic hydroxyl groups is 1. The summed E-state index contributed by atoms with van der Waals surface area (Å²) in [6, 6.07) is 1.39. The van der Waals surface area contributed by atoms with Gasteiger partial charge in [-0.15, -0.1) is 0 Å². The fourth-order valence-corrected chi connectivity index (χ4v) is 1.76. The van der Waals surface area contributed by atoms with Gasteiger partial charge in [0, 0.05) is 12.5 Å². The molecule has 0 bridgehead atoms. The third-order valence-electron chi connectivity index (χ3n) is 2.91. The van der Waals surface area contributed by atoms with E-state index in [4.69, 9.17) is 5.11 Å². The zero-order valence-corrected chi connectivity index (χ0v) is 10.5. The van der Waals surface area contributed by atoms with Gasteiger partial charge >= 0.3 is 7.27 Å². The van der Waals surface area contributed by atoms with E-state index in [1.807, 2.05) is 0 Å². The van der Waals surface area contributed by atoms with Gasteiger partial charge in [0.05, 0.1) is 0 Å². The van der Waals surface area contributed by atoms with Crippen LogP contribution in [0.2, 0.25) is 0 Å². The van der Waals surface area contributed by atoms with Crippen molar-refractivity contribution >= 4 is 25.4 Å². The van der Waals surface area contributed by atoms with Crippen molar-refractivity contribution in [2.45, 2.75) is 0 Å². The highest BCUT2D eigenvalue weighted by Gasteiger charge is 2.22. The van der Waals surface area contributed by atoms with Gasteiger partial charge in [-0.3, -0.25) is 18.0 Å². The quantitative estimate of drug-likeness (QED) is 0.725. The third-order valence-corrected chi connectivity index (χ3v) is 2.91. The van der Waals surface area contributed by atoms with Crippen molar-refractivity contribution in [2.75, 3.05) is 0 Å². The summed E-state index contributed by atoms with van der Waals surface area (Å²) in [7, 11) is -1.45. The number of nitrogens with one attached hydrogen (secondary N) is 1. The van der Waals surface area contributed by atoms with Crippen molar-refractivity contribution in [1.29, 1.82) is 0 Å². The van der Waals surface area contributed by atoms with Crippen LogP contribution in [0.4, 0.5) is 13.0 Å². The van der Waals surface area contributed by atoms with Gasteiger partial charge in [0.2, 0.25) is 0 Å². The molecule has 0 unspecified atom stereocenters. The zero-order chi connectivity index (χ0) is 15.0. The molecule has 0 aliphatic carbocycles. The first-order valence-electron chi connectivity index (χ1n) is 5.57. The van der Waals surface area contributed by atoms with Crippen LogP contribution in [0.5, 0.6) is 5.75 Å². The molecule has 2 N–H and O–H groups in total. The Bertz CT molecular complexity index is 826. The summed E-state index contributed by atoms with van der Waals surface area (Å²) in [6.07, 6.45) is 1.10. The molecule has 1 heterocycles.